The van der Waals surface area contributed by atoms with E-state index < -0.39 is 9.84 Å². The number of nitrogens with zero attached hydrogens (tertiary/aromatic N) is 1. The summed E-state index contributed by atoms with van der Waals surface area (Å²) in [5.74, 6) is 1.25. The van der Waals surface area contributed by atoms with E-state index in [1.807, 2.05) is 6.92 Å². The van der Waals surface area contributed by atoms with Crippen molar-refractivity contribution in [2.24, 2.45) is 0 Å². The lowest BCUT2D eigenvalue weighted by molar-refractivity contribution is 0.0696. The quantitative estimate of drug-likeness (QED) is 0.838. The Hall–Kier alpha value is -1.76. The van der Waals surface area contributed by atoms with Crippen LogP contribution >= 0.6 is 0 Å². The molecule has 0 radical (unpaired) electrons. The van der Waals surface area contributed by atoms with Crippen LogP contribution in [0.3, 0.4) is 0 Å². The first-order valence-electron chi connectivity index (χ1n) is 7.41. The van der Waals surface area contributed by atoms with Crippen LogP contribution in [0.4, 0.5) is 0 Å². The lowest BCUT2D eigenvalue weighted by Crippen LogP contribution is -2.41. The van der Waals surface area contributed by atoms with E-state index in [1.165, 1.54) is 0 Å². The van der Waals surface area contributed by atoms with E-state index in [4.69, 9.17) is 9.47 Å². The van der Waals surface area contributed by atoms with Gasteiger partial charge in [-0.25, -0.2) is 8.42 Å². The van der Waals surface area contributed by atoms with Gasteiger partial charge in [0, 0.05) is 18.2 Å². The minimum absolute atomic E-state index is 0.0588. The second kappa shape index (κ2) is 5.79. The van der Waals surface area contributed by atoms with E-state index in [2.05, 4.69) is 0 Å². The molecule has 7 heteroatoms. The molecule has 2 aliphatic heterocycles. The summed E-state index contributed by atoms with van der Waals surface area (Å²) in [5, 5.41) is 0. The van der Waals surface area contributed by atoms with Gasteiger partial charge in [-0.2, -0.15) is 0 Å². The van der Waals surface area contributed by atoms with Crippen molar-refractivity contribution >= 4 is 15.7 Å². The van der Waals surface area contributed by atoms with Crippen molar-refractivity contribution in [1.82, 2.24) is 4.90 Å². The van der Waals surface area contributed by atoms with Crippen LogP contribution in [0.2, 0.25) is 0 Å². The van der Waals surface area contributed by atoms with E-state index in [0.717, 1.165) is 6.42 Å². The molecule has 0 aromatic heterocycles. The van der Waals surface area contributed by atoms with Gasteiger partial charge in [0.1, 0.15) is 0 Å². The second-order valence-electron chi connectivity index (χ2n) is 5.62. The summed E-state index contributed by atoms with van der Waals surface area (Å²) in [6.07, 6.45) is 1.30. The fraction of sp³-hybridized carbons (Fsp3) is 0.533. The Labute approximate surface area is 129 Å². The standard InChI is InChI=1S/C15H19NO5S/c1-2-6-16(12-5-7-22(18,19)9-12)15(17)11-3-4-13-14(8-11)21-10-20-13/h3-4,8,12H,2,5-7,9-10H2,1H3/t12-/m1/s1. The predicted octanol–water partition coefficient (Wildman–Crippen LogP) is 1.45. The molecule has 6 nitrogen and oxygen atoms in total. The molecular formula is C15H19NO5S. The van der Waals surface area contributed by atoms with Gasteiger partial charge in [-0.1, -0.05) is 6.92 Å². The summed E-state index contributed by atoms with van der Waals surface area (Å²) in [6, 6.07) is 4.84. The molecule has 120 valence electrons. The van der Waals surface area contributed by atoms with E-state index in [-0.39, 0.29) is 30.2 Å². The third-order valence-corrected chi connectivity index (χ3v) is 5.74. The summed E-state index contributed by atoms with van der Waals surface area (Å²) < 4.78 is 33.9. The first-order valence-corrected chi connectivity index (χ1v) is 9.23. The minimum atomic E-state index is -3.02. The van der Waals surface area contributed by atoms with Crippen molar-refractivity contribution in [3.63, 3.8) is 0 Å². The topological polar surface area (TPSA) is 72.9 Å². The zero-order valence-electron chi connectivity index (χ0n) is 12.4. The average molecular weight is 325 g/mol. The molecule has 2 heterocycles. The molecular weight excluding hydrogens is 306 g/mol. The third kappa shape index (κ3) is 2.90. The van der Waals surface area contributed by atoms with Crippen LogP contribution in [0.5, 0.6) is 11.5 Å². The average Bonchev–Trinajstić information content (AvgIpc) is 3.09. The number of amides is 1. The first kappa shape index (κ1) is 15.1. The summed E-state index contributed by atoms with van der Waals surface area (Å²) in [7, 11) is -3.02. The Balaban J connectivity index is 1.83. The van der Waals surface area contributed by atoms with Crippen LogP contribution in [0, 0.1) is 0 Å². The minimum Gasteiger partial charge on any atom is -0.454 e. The van der Waals surface area contributed by atoms with Gasteiger partial charge in [-0.3, -0.25) is 4.79 Å². The van der Waals surface area contributed by atoms with Crippen molar-refractivity contribution in [2.45, 2.75) is 25.8 Å². The van der Waals surface area contributed by atoms with Gasteiger partial charge >= 0.3 is 0 Å². The molecule has 2 aliphatic rings. The number of carbonyl (C=O) groups excluding carboxylic acids is 1. The molecule has 1 aromatic rings. The molecule has 1 fully saturated rings. The molecule has 3 rings (SSSR count). The number of benzene rings is 1. The highest BCUT2D eigenvalue weighted by atomic mass is 32.2. The van der Waals surface area contributed by atoms with E-state index in [0.29, 0.717) is 30.0 Å². The number of fused-ring (bicyclic) bond motifs is 1. The summed E-state index contributed by atoms with van der Waals surface area (Å²) in [4.78, 5) is 14.5. The predicted molar refractivity (Wildman–Crippen MR) is 81.0 cm³/mol. The Bertz CT molecular complexity index is 685. The number of hydrogen-bond donors (Lipinski definition) is 0. The Kier molecular flexibility index (Phi) is 3.99. The van der Waals surface area contributed by atoms with Gasteiger partial charge in [0.2, 0.25) is 6.79 Å². The highest BCUT2D eigenvalue weighted by Crippen LogP contribution is 2.33. The van der Waals surface area contributed by atoms with Crippen LogP contribution in [-0.4, -0.2) is 50.1 Å². The summed E-state index contributed by atoms with van der Waals surface area (Å²) in [6.45, 7) is 2.68. The maximum absolute atomic E-state index is 12.8. The first-order chi connectivity index (χ1) is 10.5. The van der Waals surface area contributed by atoms with Gasteiger partial charge in [0.15, 0.2) is 21.3 Å². The van der Waals surface area contributed by atoms with Crippen LogP contribution in [-0.2, 0) is 9.84 Å². The van der Waals surface area contributed by atoms with Crippen molar-refractivity contribution in [2.75, 3.05) is 24.8 Å². The van der Waals surface area contributed by atoms with Crippen molar-refractivity contribution < 1.29 is 22.7 Å². The zero-order valence-corrected chi connectivity index (χ0v) is 13.3. The number of sulfone groups is 1. The van der Waals surface area contributed by atoms with Crippen molar-refractivity contribution in [3.8, 4) is 11.5 Å². The highest BCUT2D eigenvalue weighted by Gasteiger charge is 2.34. The maximum atomic E-state index is 12.8. The number of ether oxygens (including phenoxy) is 2. The molecule has 0 unspecified atom stereocenters. The van der Waals surface area contributed by atoms with Gasteiger partial charge in [-0.15, -0.1) is 0 Å². The second-order valence-corrected chi connectivity index (χ2v) is 7.85. The maximum Gasteiger partial charge on any atom is 0.254 e. The number of rotatable bonds is 4. The van der Waals surface area contributed by atoms with Crippen molar-refractivity contribution in [3.05, 3.63) is 23.8 Å². The largest absolute Gasteiger partial charge is 0.454 e. The SMILES string of the molecule is CCCN(C(=O)c1ccc2c(c1)OCO2)[C@@H]1CCS(=O)(=O)C1. The highest BCUT2D eigenvalue weighted by molar-refractivity contribution is 7.91. The smallest absolute Gasteiger partial charge is 0.254 e. The van der Waals surface area contributed by atoms with E-state index >= 15 is 0 Å². The molecule has 1 saturated heterocycles. The molecule has 1 amide bonds. The van der Waals surface area contributed by atoms with Gasteiger partial charge in [0.25, 0.3) is 5.91 Å². The Morgan fingerprint density at radius 3 is 2.77 bits per heavy atom. The van der Waals surface area contributed by atoms with Crippen LogP contribution in [0.15, 0.2) is 18.2 Å². The molecule has 22 heavy (non-hydrogen) atoms. The van der Waals surface area contributed by atoms with Crippen LogP contribution in [0.25, 0.3) is 0 Å². The van der Waals surface area contributed by atoms with Crippen LogP contribution < -0.4 is 9.47 Å². The molecule has 0 spiro atoms. The lowest BCUT2D eigenvalue weighted by atomic mass is 10.1. The normalized spacial score (nSPS) is 21.8. The molecule has 1 aromatic carbocycles. The number of hydrogen-bond acceptors (Lipinski definition) is 5. The molecule has 0 saturated carbocycles. The monoisotopic (exact) mass is 325 g/mol. The molecule has 0 bridgehead atoms. The van der Waals surface area contributed by atoms with Crippen LogP contribution in [0.1, 0.15) is 30.1 Å². The Morgan fingerprint density at radius 1 is 1.32 bits per heavy atom. The van der Waals surface area contributed by atoms with E-state index in [1.54, 1.807) is 23.1 Å². The van der Waals surface area contributed by atoms with Gasteiger partial charge in [0.05, 0.1) is 11.5 Å². The van der Waals surface area contributed by atoms with E-state index in [9.17, 15) is 13.2 Å². The van der Waals surface area contributed by atoms with Gasteiger partial charge < -0.3 is 14.4 Å². The zero-order chi connectivity index (χ0) is 15.7. The lowest BCUT2D eigenvalue weighted by Gasteiger charge is -2.28. The molecule has 0 aliphatic carbocycles. The van der Waals surface area contributed by atoms with Gasteiger partial charge in [-0.05, 0) is 31.0 Å². The Morgan fingerprint density at radius 2 is 2.09 bits per heavy atom. The summed E-state index contributed by atoms with van der Waals surface area (Å²) >= 11 is 0. The molecule has 0 N–H and O–H groups in total. The van der Waals surface area contributed by atoms with Crippen molar-refractivity contribution in [1.29, 1.82) is 0 Å². The fourth-order valence-electron chi connectivity index (χ4n) is 2.91. The fourth-order valence-corrected chi connectivity index (χ4v) is 4.64. The third-order valence-electron chi connectivity index (χ3n) is 3.99. The summed E-state index contributed by atoms with van der Waals surface area (Å²) in [5.41, 5.74) is 0.502. The molecule has 1 atom stereocenters. The number of carbonyl (C=O) groups is 1.